The lowest BCUT2D eigenvalue weighted by Gasteiger charge is -2.06. The van der Waals surface area contributed by atoms with E-state index in [0.29, 0.717) is 18.1 Å². The fourth-order valence-electron chi connectivity index (χ4n) is 1.27. The Kier molecular flexibility index (Phi) is 5.50. The van der Waals surface area contributed by atoms with Crippen LogP contribution in [-0.4, -0.2) is 34.6 Å². The number of aryl methyl sites for hydroxylation is 2. The van der Waals surface area contributed by atoms with Crippen LogP contribution in [-0.2, 0) is 10.5 Å². The third-order valence-corrected chi connectivity index (χ3v) is 3.21. The topological polar surface area (TPSA) is 75.4 Å². The van der Waals surface area contributed by atoms with E-state index in [1.54, 1.807) is 6.92 Å². The van der Waals surface area contributed by atoms with E-state index in [0.717, 1.165) is 17.0 Å². The number of carbonyl (C=O) groups is 1. The molecule has 0 unspecified atom stereocenters. The molecule has 96 valence electrons. The summed E-state index contributed by atoms with van der Waals surface area (Å²) in [6.45, 7) is 5.69. The molecule has 0 bridgehead atoms. The Morgan fingerprint density at radius 2 is 2.29 bits per heavy atom. The van der Waals surface area contributed by atoms with E-state index in [9.17, 15) is 4.79 Å². The Bertz CT molecular complexity index is 357. The Hall–Kier alpha value is -1.01. The van der Waals surface area contributed by atoms with Gasteiger partial charge in [-0.3, -0.25) is 4.79 Å². The number of hydrogen-bond donors (Lipinski definition) is 2. The normalized spacial score (nSPS) is 12.5. The van der Waals surface area contributed by atoms with Gasteiger partial charge in [0, 0.05) is 17.9 Å². The highest BCUT2D eigenvalue weighted by Crippen LogP contribution is 2.19. The van der Waals surface area contributed by atoms with Gasteiger partial charge in [-0.05, 0) is 20.8 Å². The van der Waals surface area contributed by atoms with Gasteiger partial charge in [-0.2, -0.15) is 0 Å². The van der Waals surface area contributed by atoms with Crippen LogP contribution in [0.25, 0.3) is 0 Å². The minimum Gasteiger partial charge on any atom is -0.392 e. The van der Waals surface area contributed by atoms with Crippen LogP contribution < -0.4 is 5.32 Å². The molecule has 1 amide bonds. The zero-order valence-corrected chi connectivity index (χ0v) is 11.1. The minimum atomic E-state index is -0.508. The summed E-state index contributed by atoms with van der Waals surface area (Å²) < 4.78 is 5.03. The first kappa shape index (κ1) is 14.1. The standard InChI is InChI=1S/C11H18N2O3S/c1-7(14)4-12-11(15)6-17-5-10-8(2)13-16-9(10)3/h7,14H,4-6H2,1-3H3,(H,12,15)/t7-/m0/s1. The van der Waals surface area contributed by atoms with Gasteiger partial charge >= 0.3 is 0 Å². The summed E-state index contributed by atoms with van der Waals surface area (Å²) in [5, 5.41) is 15.5. The highest BCUT2D eigenvalue weighted by molar-refractivity contribution is 7.99. The molecule has 0 saturated carbocycles. The number of hydrogen-bond acceptors (Lipinski definition) is 5. The number of aliphatic hydroxyl groups excluding tert-OH is 1. The van der Waals surface area contributed by atoms with Crippen LogP contribution in [0, 0.1) is 13.8 Å². The predicted molar refractivity (Wildman–Crippen MR) is 66.8 cm³/mol. The first-order chi connectivity index (χ1) is 8.00. The lowest BCUT2D eigenvalue weighted by Crippen LogP contribution is -2.31. The number of thioether (sulfide) groups is 1. The Morgan fingerprint density at radius 1 is 1.59 bits per heavy atom. The van der Waals surface area contributed by atoms with Gasteiger partial charge in [0.05, 0.1) is 17.6 Å². The van der Waals surface area contributed by atoms with Crippen molar-refractivity contribution < 1.29 is 14.4 Å². The number of aliphatic hydroxyl groups is 1. The van der Waals surface area contributed by atoms with E-state index < -0.39 is 6.10 Å². The molecule has 0 spiro atoms. The van der Waals surface area contributed by atoms with Crippen LogP contribution in [0.3, 0.4) is 0 Å². The SMILES string of the molecule is Cc1noc(C)c1CSCC(=O)NC[C@H](C)O. The Morgan fingerprint density at radius 3 is 2.82 bits per heavy atom. The van der Waals surface area contributed by atoms with Crippen molar-refractivity contribution in [2.24, 2.45) is 0 Å². The summed E-state index contributed by atoms with van der Waals surface area (Å²) in [5.41, 5.74) is 1.93. The van der Waals surface area contributed by atoms with Crippen molar-refractivity contribution >= 4 is 17.7 Å². The lowest BCUT2D eigenvalue weighted by atomic mass is 10.2. The molecule has 17 heavy (non-hydrogen) atoms. The van der Waals surface area contributed by atoms with Crippen LogP contribution in [0.4, 0.5) is 0 Å². The summed E-state index contributed by atoms with van der Waals surface area (Å²) in [6, 6.07) is 0. The lowest BCUT2D eigenvalue weighted by molar-refractivity contribution is -0.118. The third-order valence-electron chi connectivity index (χ3n) is 2.26. The summed E-state index contributed by atoms with van der Waals surface area (Å²) in [6.07, 6.45) is -0.508. The van der Waals surface area contributed by atoms with Gasteiger partial charge in [0.15, 0.2) is 0 Å². The monoisotopic (exact) mass is 258 g/mol. The summed E-state index contributed by atoms with van der Waals surface area (Å²) in [7, 11) is 0. The van der Waals surface area contributed by atoms with Gasteiger partial charge in [0.25, 0.3) is 0 Å². The summed E-state index contributed by atoms with van der Waals surface area (Å²) >= 11 is 1.51. The second-order valence-corrected chi connectivity index (χ2v) is 4.93. The molecule has 6 heteroatoms. The van der Waals surface area contributed by atoms with Crippen LogP contribution in [0.1, 0.15) is 23.9 Å². The smallest absolute Gasteiger partial charge is 0.230 e. The number of carbonyl (C=O) groups excluding carboxylic acids is 1. The van der Waals surface area contributed by atoms with Crippen LogP contribution in [0.2, 0.25) is 0 Å². The molecule has 1 atom stereocenters. The fraction of sp³-hybridized carbons (Fsp3) is 0.636. The molecule has 1 aromatic heterocycles. The van der Waals surface area contributed by atoms with Crippen molar-refractivity contribution in [1.29, 1.82) is 0 Å². The zero-order chi connectivity index (χ0) is 12.8. The first-order valence-corrected chi connectivity index (χ1v) is 6.60. The summed E-state index contributed by atoms with van der Waals surface area (Å²) in [5.74, 6) is 1.82. The number of nitrogens with zero attached hydrogens (tertiary/aromatic N) is 1. The van der Waals surface area contributed by atoms with E-state index in [1.807, 2.05) is 13.8 Å². The van der Waals surface area contributed by atoms with E-state index in [4.69, 9.17) is 9.63 Å². The van der Waals surface area contributed by atoms with Gasteiger partial charge in [-0.25, -0.2) is 0 Å². The Balaban J connectivity index is 2.26. The van der Waals surface area contributed by atoms with Gasteiger partial charge in [0.1, 0.15) is 5.76 Å². The Labute approximate surface area is 105 Å². The van der Waals surface area contributed by atoms with E-state index >= 15 is 0 Å². The number of nitrogens with one attached hydrogen (secondary N) is 1. The molecule has 0 aliphatic rings. The van der Waals surface area contributed by atoms with Crippen molar-refractivity contribution in [2.75, 3.05) is 12.3 Å². The quantitative estimate of drug-likeness (QED) is 0.797. The van der Waals surface area contributed by atoms with Crippen LogP contribution in [0.5, 0.6) is 0 Å². The molecule has 5 nitrogen and oxygen atoms in total. The van der Waals surface area contributed by atoms with Gasteiger partial charge in [0.2, 0.25) is 5.91 Å². The van der Waals surface area contributed by atoms with Gasteiger partial charge in [-0.1, -0.05) is 5.16 Å². The molecule has 0 aliphatic carbocycles. The molecule has 2 N–H and O–H groups in total. The number of amides is 1. The maximum Gasteiger partial charge on any atom is 0.230 e. The molecule has 0 aliphatic heterocycles. The molecule has 1 heterocycles. The second-order valence-electron chi connectivity index (χ2n) is 3.95. The third kappa shape index (κ3) is 4.79. The number of rotatable bonds is 6. The van der Waals surface area contributed by atoms with Crippen molar-refractivity contribution in [1.82, 2.24) is 10.5 Å². The molecule has 0 aromatic carbocycles. The van der Waals surface area contributed by atoms with Crippen LogP contribution >= 0.6 is 11.8 Å². The van der Waals surface area contributed by atoms with Crippen molar-refractivity contribution in [3.05, 3.63) is 17.0 Å². The molecular formula is C11H18N2O3S. The van der Waals surface area contributed by atoms with Crippen molar-refractivity contribution in [3.63, 3.8) is 0 Å². The molecular weight excluding hydrogens is 240 g/mol. The maximum absolute atomic E-state index is 11.4. The van der Waals surface area contributed by atoms with Crippen molar-refractivity contribution in [2.45, 2.75) is 32.6 Å². The van der Waals surface area contributed by atoms with Gasteiger partial charge < -0.3 is 14.9 Å². The maximum atomic E-state index is 11.4. The minimum absolute atomic E-state index is 0.0670. The van der Waals surface area contributed by atoms with Crippen molar-refractivity contribution in [3.8, 4) is 0 Å². The predicted octanol–water partition coefficient (Wildman–Crippen LogP) is 1.02. The largest absolute Gasteiger partial charge is 0.392 e. The highest BCUT2D eigenvalue weighted by Gasteiger charge is 2.10. The molecule has 1 rings (SSSR count). The zero-order valence-electron chi connectivity index (χ0n) is 10.3. The molecule has 0 saturated heterocycles. The highest BCUT2D eigenvalue weighted by atomic mass is 32.2. The molecule has 0 radical (unpaired) electrons. The average Bonchev–Trinajstić information content (AvgIpc) is 2.57. The first-order valence-electron chi connectivity index (χ1n) is 5.45. The number of aromatic nitrogens is 1. The van der Waals surface area contributed by atoms with Gasteiger partial charge in [-0.15, -0.1) is 11.8 Å². The molecule has 1 aromatic rings. The van der Waals surface area contributed by atoms with E-state index in [1.165, 1.54) is 11.8 Å². The molecule has 0 fully saturated rings. The average molecular weight is 258 g/mol. The second kappa shape index (κ2) is 6.66. The van der Waals surface area contributed by atoms with Crippen LogP contribution in [0.15, 0.2) is 4.52 Å². The fourth-order valence-corrected chi connectivity index (χ4v) is 2.27. The van der Waals surface area contributed by atoms with E-state index in [-0.39, 0.29) is 5.91 Å². The summed E-state index contributed by atoms with van der Waals surface area (Å²) in [4.78, 5) is 11.4. The van der Waals surface area contributed by atoms with E-state index in [2.05, 4.69) is 10.5 Å².